The molecule has 0 nitrogen and oxygen atoms in total. The van der Waals surface area contributed by atoms with Crippen molar-refractivity contribution in [2.24, 2.45) is 0 Å². The monoisotopic (exact) mass is 166 g/mol. The Morgan fingerprint density at radius 1 is 1.27 bits per heavy atom. The fourth-order valence-corrected chi connectivity index (χ4v) is 1.30. The highest BCUT2D eigenvalue weighted by Gasteiger charge is 1.92. The number of thioether (sulfide) groups is 1. The van der Waals surface area contributed by atoms with E-state index in [4.69, 9.17) is 0 Å². The zero-order chi connectivity index (χ0) is 8.69. The molecule has 0 saturated carbocycles. The Morgan fingerprint density at radius 2 is 1.91 bits per heavy atom. The summed E-state index contributed by atoms with van der Waals surface area (Å²) >= 11 is 1.68. The first-order valence-corrected chi connectivity index (χ1v) is 4.68. The highest BCUT2D eigenvalue weighted by Crippen LogP contribution is 2.19. The van der Waals surface area contributed by atoms with Crippen molar-refractivity contribution in [1.29, 1.82) is 0 Å². The van der Waals surface area contributed by atoms with Crippen molar-refractivity contribution < 1.29 is 0 Å². The number of hydrogen-bond acceptors (Lipinski definition) is 1. The molecule has 0 aromatic carbocycles. The van der Waals surface area contributed by atoms with Gasteiger partial charge >= 0.3 is 0 Å². The Kier molecular flexibility index (Phi) is 5.67. The molecule has 0 aliphatic rings. The third-order valence-corrected chi connectivity index (χ3v) is 2.10. The second-order valence-corrected chi connectivity index (χ2v) is 2.78. The fourth-order valence-electron chi connectivity index (χ4n) is 0.749. The van der Waals surface area contributed by atoms with Crippen LogP contribution in [0.25, 0.3) is 0 Å². The van der Waals surface area contributed by atoms with Crippen LogP contribution in [0, 0.1) is 0 Å². The molecular weight excluding hydrogens is 152 g/mol. The predicted octanol–water partition coefficient (Wildman–Crippen LogP) is 3.55. The van der Waals surface area contributed by atoms with Crippen molar-refractivity contribution in [1.82, 2.24) is 0 Å². The molecular formula is C10H14S. The molecule has 0 spiro atoms. The van der Waals surface area contributed by atoms with Crippen molar-refractivity contribution in [3.8, 4) is 0 Å². The van der Waals surface area contributed by atoms with Gasteiger partial charge in [0.25, 0.3) is 0 Å². The summed E-state index contributed by atoms with van der Waals surface area (Å²) in [5.41, 5.74) is 1.13. The molecule has 60 valence electrons. The van der Waals surface area contributed by atoms with E-state index in [9.17, 15) is 0 Å². The largest absolute Gasteiger partial charge is 0.129 e. The van der Waals surface area contributed by atoms with Crippen LogP contribution in [-0.2, 0) is 0 Å². The minimum Gasteiger partial charge on any atom is -0.129 e. The van der Waals surface area contributed by atoms with Crippen LogP contribution in [0.2, 0.25) is 0 Å². The van der Waals surface area contributed by atoms with Gasteiger partial charge in [-0.15, -0.1) is 11.8 Å². The third-order valence-electron chi connectivity index (χ3n) is 1.26. The van der Waals surface area contributed by atoms with Crippen LogP contribution < -0.4 is 0 Å². The molecule has 0 fully saturated rings. The standard InChI is InChI=1S/C10H14S/c1-5-8-9(6-2)10(7-3)11-4/h5-8H,2-3H2,1,4H3/b8-5-,10-9+. The van der Waals surface area contributed by atoms with Gasteiger partial charge in [-0.3, -0.25) is 0 Å². The zero-order valence-electron chi connectivity index (χ0n) is 7.13. The van der Waals surface area contributed by atoms with Crippen LogP contribution in [-0.4, -0.2) is 6.26 Å². The van der Waals surface area contributed by atoms with Gasteiger partial charge < -0.3 is 0 Å². The first-order chi connectivity index (χ1) is 5.29. The molecule has 0 unspecified atom stereocenters. The Hall–Kier alpha value is -0.690. The van der Waals surface area contributed by atoms with E-state index in [2.05, 4.69) is 13.2 Å². The van der Waals surface area contributed by atoms with E-state index >= 15 is 0 Å². The number of hydrogen-bond donors (Lipinski definition) is 0. The summed E-state index contributed by atoms with van der Waals surface area (Å²) < 4.78 is 0. The van der Waals surface area contributed by atoms with Gasteiger partial charge in [0.2, 0.25) is 0 Å². The summed E-state index contributed by atoms with van der Waals surface area (Å²) in [4.78, 5) is 1.16. The van der Waals surface area contributed by atoms with Gasteiger partial charge in [-0.25, -0.2) is 0 Å². The molecule has 0 saturated heterocycles. The van der Waals surface area contributed by atoms with Crippen molar-refractivity contribution >= 4 is 11.8 Å². The maximum atomic E-state index is 3.73. The van der Waals surface area contributed by atoms with Crippen LogP contribution in [0.15, 0.2) is 47.9 Å². The maximum absolute atomic E-state index is 3.73. The molecule has 11 heavy (non-hydrogen) atoms. The Balaban J connectivity index is 4.75. The van der Waals surface area contributed by atoms with E-state index in [-0.39, 0.29) is 0 Å². The van der Waals surface area contributed by atoms with Crippen LogP contribution in [0.1, 0.15) is 6.92 Å². The van der Waals surface area contributed by atoms with Crippen molar-refractivity contribution in [3.63, 3.8) is 0 Å². The van der Waals surface area contributed by atoms with Crippen LogP contribution >= 0.6 is 11.8 Å². The second-order valence-electron chi connectivity index (χ2n) is 1.93. The lowest BCUT2D eigenvalue weighted by atomic mass is 10.2. The van der Waals surface area contributed by atoms with Gasteiger partial charge in [0, 0.05) is 4.91 Å². The molecule has 0 aliphatic heterocycles. The summed E-state index contributed by atoms with van der Waals surface area (Å²) in [6.07, 6.45) is 9.75. The molecule has 0 heterocycles. The Bertz CT molecular complexity index is 197. The van der Waals surface area contributed by atoms with Crippen molar-refractivity contribution in [2.75, 3.05) is 6.26 Å². The fraction of sp³-hybridized carbons (Fsp3) is 0.200. The van der Waals surface area contributed by atoms with Gasteiger partial charge in [0.1, 0.15) is 0 Å². The van der Waals surface area contributed by atoms with Crippen LogP contribution in [0.3, 0.4) is 0 Å². The van der Waals surface area contributed by atoms with E-state index in [0.717, 1.165) is 10.5 Å². The minimum absolute atomic E-state index is 1.13. The second kappa shape index (κ2) is 6.05. The molecule has 0 aromatic heterocycles. The quantitative estimate of drug-likeness (QED) is 0.575. The van der Waals surface area contributed by atoms with Crippen LogP contribution in [0.4, 0.5) is 0 Å². The number of allylic oxidation sites excluding steroid dienone is 5. The molecule has 0 N–H and O–H groups in total. The predicted molar refractivity (Wildman–Crippen MR) is 55.7 cm³/mol. The highest BCUT2D eigenvalue weighted by atomic mass is 32.2. The van der Waals surface area contributed by atoms with Crippen molar-refractivity contribution in [2.45, 2.75) is 6.92 Å². The lowest BCUT2D eigenvalue weighted by Gasteiger charge is -1.99. The van der Waals surface area contributed by atoms with Gasteiger partial charge in [-0.05, 0) is 18.8 Å². The normalized spacial score (nSPS) is 12.9. The SMILES string of the molecule is C=CC(/C=C\C)=C(/C=C)SC. The van der Waals surface area contributed by atoms with Gasteiger partial charge in [0.15, 0.2) is 0 Å². The smallest absolute Gasteiger partial charge is 0.0135 e. The lowest BCUT2D eigenvalue weighted by molar-refractivity contribution is 1.62. The average Bonchev–Trinajstić information content (AvgIpc) is 2.05. The Morgan fingerprint density at radius 3 is 2.18 bits per heavy atom. The molecule has 0 radical (unpaired) electrons. The molecule has 0 amide bonds. The molecule has 0 aliphatic carbocycles. The topological polar surface area (TPSA) is 0 Å². The summed E-state index contributed by atoms with van der Waals surface area (Å²) in [7, 11) is 0. The number of rotatable bonds is 4. The van der Waals surface area contributed by atoms with E-state index < -0.39 is 0 Å². The summed E-state index contributed by atoms with van der Waals surface area (Å²) in [6.45, 7) is 9.44. The molecule has 0 bridgehead atoms. The third kappa shape index (κ3) is 3.28. The van der Waals surface area contributed by atoms with E-state index in [0.29, 0.717) is 0 Å². The molecule has 0 rings (SSSR count). The Labute approximate surface area is 73.4 Å². The summed E-state index contributed by atoms with van der Waals surface area (Å²) in [5, 5.41) is 0. The minimum atomic E-state index is 1.13. The summed E-state index contributed by atoms with van der Waals surface area (Å²) in [6, 6.07) is 0. The molecule has 0 aromatic rings. The summed E-state index contributed by atoms with van der Waals surface area (Å²) in [5.74, 6) is 0. The van der Waals surface area contributed by atoms with Gasteiger partial charge in [-0.2, -0.15) is 0 Å². The molecule has 0 atom stereocenters. The first-order valence-electron chi connectivity index (χ1n) is 3.46. The average molecular weight is 166 g/mol. The highest BCUT2D eigenvalue weighted by molar-refractivity contribution is 8.02. The lowest BCUT2D eigenvalue weighted by Crippen LogP contribution is -1.76. The molecule has 1 heteroatoms. The van der Waals surface area contributed by atoms with E-state index in [1.165, 1.54) is 0 Å². The maximum Gasteiger partial charge on any atom is 0.0135 e. The van der Waals surface area contributed by atoms with Gasteiger partial charge in [0.05, 0.1) is 0 Å². The van der Waals surface area contributed by atoms with Gasteiger partial charge in [-0.1, -0.05) is 37.5 Å². The van der Waals surface area contributed by atoms with Crippen molar-refractivity contribution in [3.05, 3.63) is 47.9 Å². The van der Waals surface area contributed by atoms with Crippen LogP contribution in [0.5, 0.6) is 0 Å². The zero-order valence-corrected chi connectivity index (χ0v) is 7.95. The first kappa shape index (κ1) is 10.3. The van der Waals surface area contributed by atoms with E-state index in [1.807, 2.05) is 37.5 Å². The van der Waals surface area contributed by atoms with E-state index in [1.54, 1.807) is 11.8 Å².